The minimum atomic E-state index is -0.888. The second-order valence-electron chi connectivity index (χ2n) is 10.9. The van der Waals surface area contributed by atoms with E-state index in [9.17, 15) is 14.7 Å². The van der Waals surface area contributed by atoms with Gasteiger partial charge in [0.2, 0.25) is 0 Å². The van der Waals surface area contributed by atoms with Gasteiger partial charge in [-0.1, -0.05) is 62.2 Å². The number of esters is 1. The zero-order chi connectivity index (χ0) is 28.6. The summed E-state index contributed by atoms with van der Waals surface area (Å²) in [5.41, 5.74) is 3.33. The van der Waals surface area contributed by atoms with Gasteiger partial charge in [-0.25, -0.2) is 0 Å². The molecule has 0 spiro atoms. The Morgan fingerprint density at radius 2 is 1.75 bits per heavy atom. The number of carbonyl (C=O) groups excluding carboxylic acids is 2. The molecule has 2 fully saturated rings. The van der Waals surface area contributed by atoms with Crippen molar-refractivity contribution in [1.29, 1.82) is 0 Å². The fourth-order valence-corrected chi connectivity index (χ4v) is 5.64. The third-order valence-electron chi connectivity index (χ3n) is 7.90. The summed E-state index contributed by atoms with van der Waals surface area (Å²) in [6.07, 6.45) is 5.12. The van der Waals surface area contributed by atoms with Crippen LogP contribution in [0.5, 0.6) is 0 Å². The molecule has 2 aliphatic rings. The SMILES string of the molecule is C=CCN(CC1OC(c2ccc(NC(=O)C(C)OC(C)=O)cc2)OC(c2ccc(CO)cc2)C1C)C1CCCC1. The van der Waals surface area contributed by atoms with E-state index in [0.717, 1.165) is 29.8 Å². The molecule has 5 unspecified atom stereocenters. The van der Waals surface area contributed by atoms with E-state index in [0.29, 0.717) is 11.7 Å². The highest BCUT2D eigenvalue weighted by Crippen LogP contribution is 2.42. The van der Waals surface area contributed by atoms with Gasteiger partial charge in [0.25, 0.3) is 5.91 Å². The van der Waals surface area contributed by atoms with E-state index in [4.69, 9.17) is 14.2 Å². The number of aliphatic hydroxyl groups excluding tert-OH is 1. The van der Waals surface area contributed by atoms with Crippen LogP contribution >= 0.6 is 0 Å². The number of anilines is 1. The molecule has 0 bridgehead atoms. The highest BCUT2D eigenvalue weighted by molar-refractivity contribution is 5.94. The average molecular weight is 551 g/mol. The van der Waals surface area contributed by atoms with Gasteiger partial charge in [-0.3, -0.25) is 14.5 Å². The molecule has 8 heteroatoms. The maximum absolute atomic E-state index is 12.4. The van der Waals surface area contributed by atoms with Crippen molar-refractivity contribution >= 4 is 17.6 Å². The number of rotatable bonds is 11. The molecule has 2 N–H and O–H groups in total. The lowest BCUT2D eigenvalue weighted by atomic mass is 9.89. The average Bonchev–Trinajstić information content (AvgIpc) is 3.49. The topological polar surface area (TPSA) is 97.3 Å². The van der Waals surface area contributed by atoms with Gasteiger partial charge in [-0.05, 0) is 43.0 Å². The molecular formula is C32H42N2O6. The van der Waals surface area contributed by atoms with Gasteiger partial charge < -0.3 is 24.6 Å². The van der Waals surface area contributed by atoms with Gasteiger partial charge in [0, 0.05) is 43.2 Å². The van der Waals surface area contributed by atoms with E-state index >= 15 is 0 Å². The van der Waals surface area contributed by atoms with Crippen LogP contribution in [0.2, 0.25) is 0 Å². The second-order valence-corrected chi connectivity index (χ2v) is 10.9. The molecule has 5 atom stereocenters. The Morgan fingerprint density at radius 1 is 1.10 bits per heavy atom. The summed E-state index contributed by atoms with van der Waals surface area (Å²) in [7, 11) is 0. The normalized spacial score (nSPS) is 24.0. The Bertz CT molecular complexity index is 1130. The van der Waals surface area contributed by atoms with Gasteiger partial charge in [0.05, 0.1) is 18.8 Å². The Kier molecular flexibility index (Phi) is 10.5. The molecule has 2 aromatic rings. The van der Waals surface area contributed by atoms with Crippen molar-refractivity contribution < 1.29 is 28.9 Å². The third kappa shape index (κ3) is 7.57. The van der Waals surface area contributed by atoms with Crippen molar-refractivity contribution in [3.63, 3.8) is 0 Å². The molecule has 1 amide bonds. The van der Waals surface area contributed by atoms with Crippen LogP contribution in [0.25, 0.3) is 0 Å². The van der Waals surface area contributed by atoms with E-state index < -0.39 is 24.3 Å². The lowest BCUT2D eigenvalue weighted by Crippen LogP contribution is -2.47. The minimum Gasteiger partial charge on any atom is -0.453 e. The Balaban J connectivity index is 1.54. The number of carbonyl (C=O) groups is 2. The Morgan fingerprint density at radius 3 is 2.35 bits per heavy atom. The number of hydrogen-bond acceptors (Lipinski definition) is 7. The van der Waals surface area contributed by atoms with Crippen LogP contribution < -0.4 is 5.32 Å². The summed E-state index contributed by atoms with van der Waals surface area (Å²) in [5, 5.41) is 12.3. The van der Waals surface area contributed by atoms with E-state index in [1.807, 2.05) is 42.5 Å². The van der Waals surface area contributed by atoms with Crippen molar-refractivity contribution in [1.82, 2.24) is 4.90 Å². The Hall–Kier alpha value is -3.04. The molecule has 1 aliphatic heterocycles. The van der Waals surface area contributed by atoms with E-state index in [2.05, 4.69) is 23.7 Å². The molecule has 2 aromatic carbocycles. The first-order chi connectivity index (χ1) is 19.3. The fourth-order valence-electron chi connectivity index (χ4n) is 5.64. The van der Waals surface area contributed by atoms with Gasteiger partial charge in [-0.15, -0.1) is 6.58 Å². The molecule has 1 heterocycles. The third-order valence-corrected chi connectivity index (χ3v) is 7.90. The number of aliphatic hydroxyl groups is 1. The first-order valence-corrected chi connectivity index (χ1v) is 14.2. The molecule has 1 aliphatic carbocycles. The second kappa shape index (κ2) is 14.0. The number of amides is 1. The summed E-state index contributed by atoms with van der Waals surface area (Å²) in [6, 6.07) is 15.8. The number of benzene rings is 2. The molecule has 4 rings (SSSR count). The number of nitrogens with one attached hydrogen (secondary N) is 1. The fraction of sp³-hybridized carbons (Fsp3) is 0.500. The smallest absolute Gasteiger partial charge is 0.303 e. The number of nitrogens with zero attached hydrogens (tertiary/aromatic N) is 1. The molecular weight excluding hydrogens is 508 g/mol. The van der Waals surface area contributed by atoms with Gasteiger partial charge in [0.1, 0.15) is 0 Å². The van der Waals surface area contributed by atoms with E-state index in [1.165, 1.54) is 39.5 Å². The van der Waals surface area contributed by atoms with Gasteiger partial charge in [0.15, 0.2) is 12.4 Å². The van der Waals surface area contributed by atoms with E-state index in [-0.39, 0.29) is 24.7 Å². The van der Waals surface area contributed by atoms with Crippen molar-refractivity contribution in [3.05, 3.63) is 77.9 Å². The van der Waals surface area contributed by atoms with Crippen molar-refractivity contribution in [3.8, 4) is 0 Å². The highest BCUT2D eigenvalue weighted by Gasteiger charge is 2.40. The highest BCUT2D eigenvalue weighted by atomic mass is 16.7. The molecule has 8 nitrogen and oxygen atoms in total. The summed E-state index contributed by atoms with van der Waals surface area (Å²) in [4.78, 5) is 26.0. The monoisotopic (exact) mass is 550 g/mol. The van der Waals surface area contributed by atoms with Crippen LogP contribution in [0.1, 0.15) is 75.5 Å². The summed E-state index contributed by atoms with van der Waals surface area (Å²) >= 11 is 0. The molecule has 0 radical (unpaired) electrons. The first kappa shape index (κ1) is 29.9. The van der Waals surface area contributed by atoms with Crippen molar-refractivity contribution in [2.24, 2.45) is 5.92 Å². The number of ether oxygens (including phenoxy) is 3. The molecule has 1 saturated heterocycles. The lowest BCUT2D eigenvalue weighted by molar-refractivity contribution is -0.276. The van der Waals surface area contributed by atoms with Gasteiger partial charge >= 0.3 is 5.97 Å². The molecule has 0 aromatic heterocycles. The molecule has 216 valence electrons. The van der Waals surface area contributed by atoms with Crippen molar-refractivity contribution in [2.75, 3.05) is 18.4 Å². The van der Waals surface area contributed by atoms with Crippen LogP contribution in [-0.4, -0.2) is 53.2 Å². The standard InChI is InChI=1S/C32H42N2O6/c1-5-18-34(28-8-6-7-9-28)19-29-21(2)30(25-12-10-24(20-35)11-13-25)40-32(39-29)26-14-16-27(17-15-26)33-31(37)22(3)38-23(4)36/h5,10-17,21-22,28-30,32,35H,1,6-9,18-20H2,2-4H3,(H,33,37). The van der Waals surface area contributed by atoms with Gasteiger partial charge in [-0.2, -0.15) is 0 Å². The minimum absolute atomic E-state index is 0.00381. The largest absolute Gasteiger partial charge is 0.453 e. The maximum Gasteiger partial charge on any atom is 0.303 e. The zero-order valence-electron chi connectivity index (χ0n) is 23.8. The summed E-state index contributed by atoms with van der Waals surface area (Å²) in [5.74, 6) is -0.817. The van der Waals surface area contributed by atoms with Crippen LogP contribution in [0.4, 0.5) is 5.69 Å². The Labute approximate surface area is 237 Å². The summed E-state index contributed by atoms with van der Waals surface area (Å²) in [6.45, 7) is 10.6. The van der Waals surface area contributed by atoms with E-state index in [1.54, 1.807) is 12.1 Å². The van der Waals surface area contributed by atoms with Crippen molar-refractivity contribution in [2.45, 2.75) is 83.7 Å². The van der Waals surface area contributed by atoms with Crippen LogP contribution in [0.3, 0.4) is 0 Å². The number of hydrogen-bond donors (Lipinski definition) is 2. The van der Waals surface area contributed by atoms with Crippen LogP contribution in [0, 0.1) is 5.92 Å². The molecule has 40 heavy (non-hydrogen) atoms. The van der Waals surface area contributed by atoms with Crippen LogP contribution in [0.15, 0.2) is 61.2 Å². The van der Waals surface area contributed by atoms with Crippen LogP contribution in [-0.2, 0) is 30.4 Å². The predicted molar refractivity (Wildman–Crippen MR) is 153 cm³/mol. The predicted octanol–water partition coefficient (Wildman–Crippen LogP) is 5.29. The quantitative estimate of drug-likeness (QED) is 0.290. The lowest BCUT2D eigenvalue weighted by Gasteiger charge is -2.43. The maximum atomic E-state index is 12.4. The molecule has 1 saturated carbocycles. The zero-order valence-corrected chi connectivity index (χ0v) is 23.8. The first-order valence-electron chi connectivity index (χ1n) is 14.2. The summed E-state index contributed by atoms with van der Waals surface area (Å²) < 4.78 is 18.2.